The average Bonchev–Trinajstić information content (AvgIpc) is 3.00. The van der Waals surface area contributed by atoms with Gasteiger partial charge in [0.1, 0.15) is 11.6 Å². The van der Waals surface area contributed by atoms with Gasteiger partial charge in [0.15, 0.2) is 9.84 Å². The molecule has 5 nitrogen and oxygen atoms in total. The smallest absolute Gasteiger partial charge is 0.254 e. The van der Waals surface area contributed by atoms with E-state index in [1.807, 2.05) is 6.92 Å². The van der Waals surface area contributed by atoms with Crippen LogP contribution in [0.3, 0.4) is 0 Å². The first-order valence-electron chi connectivity index (χ1n) is 8.87. The number of benzene rings is 2. The van der Waals surface area contributed by atoms with E-state index in [0.29, 0.717) is 29.9 Å². The van der Waals surface area contributed by atoms with Crippen LogP contribution in [-0.2, 0) is 16.4 Å². The summed E-state index contributed by atoms with van der Waals surface area (Å²) >= 11 is 0. The second kappa shape index (κ2) is 8.08. The van der Waals surface area contributed by atoms with Gasteiger partial charge in [0, 0.05) is 23.7 Å². The van der Waals surface area contributed by atoms with Crippen molar-refractivity contribution in [1.29, 1.82) is 0 Å². The molecule has 0 aliphatic carbocycles. The Morgan fingerprint density at radius 2 is 2.00 bits per heavy atom. The van der Waals surface area contributed by atoms with E-state index in [4.69, 9.17) is 4.74 Å². The number of amides is 1. The summed E-state index contributed by atoms with van der Waals surface area (Å²) in [7, 11) is -3.19. The molecule has 27 heavy (non-hydrogen) atoms. The Morgan fingerprint density at radius 3 is 2.67 bits per heavy atom. The molecule has 1 saturated heterocycles. The number of ether oxygens (including phenoxy) is 1. The first-order chi connectivity index (χ1) is 12.9. The van der Waals surface area contributed by atoms with Crippen LogP contribution in [0.1, 0.15) is 29.3 Å². The van der Waals surface area contributed by atoms with Crippen molar-refractivity contribution in [2.45, 2.75) is 25.9 Å². The maximum absolute atomic E-state index is 14.1. The second-order valence-corrected chi connectivity index (χ2v) is 8.77. The van der Waals surface area contributed by atoms with Crippen LogP contribution in [-0.4, -0.2) is 43.4 Å². The van der Waals surface area contributed by atoms with Crippen LogP contribution in [0.2, 0.25) is 0 Å². The first-order valence-corrected chi connectivity index (χ1v) is 10.7. The lowest BCUT2D eigenvalue weighted by Crippen LogP contribution is -2.40. The summed E-state index contributed by atoms with van der Waals surface area (Å²) in [5, 5.41) is 0. The number of rotatable bonds is 6. The van der Waals surface area contributed by atoms with Crippen molar-refractivity contribution in [3.63, 3.8) is 0 Å². The first kappa shape index (κ1) is 19.4. The molecule has 2 aromatic rings. The summed E-state index contributed by atoms with van der Waals surface area (Å²) in [6.45, 7) is 2.34. The van der Waals surface area contributed by atoms with Gasteiger partial charge >= 0.3 is 0 Å². The van der Waals surface area contributed by atoms with Crippen molar-refractivity contribution in [1.82, 2.24) is 4.90 Å². The predicted octanol–water partition coefficient (Wildman–Crippen LogP) is 3.05. The summed E-state index contributed by atoms with van der Waals surface area (Å²) in [5.74, 6) is -0.245. The number of sulfone groups is 1. The highest BCUT2D eigenvalue weighted by Gasteiger charge is 2.35. The van der Waals surface area contributed by atoms with Gasteiger partial charge in [0.2, 0.25) is 0 Å². The summed E-state index contributed by atoms with van der Waals surface area (Å²) in [6.07, 6.45) is 0.355. The zero-order valence-electron chi connectivity index (χ0n) is 15.1. The Balaban J connectivity index is 1.92. The van der Waals surface area contributed by atoms with Gasteiger partial charge in [-0.05, 0) is 37.6 Å². The lowest BCUT2D eigenvalue weighted by molar-refractivity contribution is 0.0678. The maximum atomic E-state index is 14.1. The van der Waals surface area contributed by atoms with E-state index in [1.54, 1.807) is 42.5 Å². The summed E-state index contributed by atoms with van der Waals surface area (Å²) in [5.41, 5.74) is 0.748. The Kier molecular flexibility index (Phi) is 5.79. The van der Waals surface area contributed by atoms with Crippen LogP contribution in [0.5, 0.6) is 5.75 Å². The van der Waals surface area contributed by atoms with Gasteiger partial charge in [-0.25, -0.2) is 12.8 Å². The predicted molar refractivity (Wildman–Crippen MR) is 101 cm³/mol. The van der Waals surface area contributed by atoms with Crippen LogP contribution < -0.4 is 4.74 Å². The Hall–Kier alpha value is -2.41. The van der Waals surface area contributed by atoms with Crippen LogP contribution in [0.25, 0.3) is 0 Å². The van der Waals surface area contributed by atoms with E-state index >= 15 is 0 Å². The van der Waals surface area contributed by atoms with Gasteiger partial charge in [-0.15, -0.1) is 0 Å². The van der Waals surface area contributed by atoms with E-state index in [2.05, 4.69) is 0 Å². The summed E-state index contributed by atoms with van der Waals surface area (Å²) < 4.78 is 43.5. The number of carbonyl (C=O) groups is 1. The van der Waals surface area contributed by atoms with Gasteiger partial charge in [0.25, 0.3) is 5.91 Å². The molecule has 144 valence electrons. The third-order valence-electron chi connectivity index (χ3n) is 4.60. The van der Waals surface area contributed by atoms with Crippen molar-refractivity contribution < 1.29 is 22.3 Å². The third kappa shape index (κ3) is 4.66. The standard InChI is InChI=1S/C20H22FNO4S/c1-2-26-18-8-5-7-15(12-18)20(23)22(17-10-11-27(24,25)14-17)13-16-6-3-4-9-19(16)21/h3-9,12,17H,2,10-11,13-14H2,1H3/t17-/m0/s1. The molecule has 0 N–H and O–H groups in total. The van der Waals surface area contributed by atoms with Crippen molar-refractivity contribution in [2.24, 2.45) is 0 Å². The van der Waals surface area contributed by atoms with Gasteiger partial charge in [-0.2, -0.15) is 0 Å². The molecule has 1 atom stereocenters. The highest BCUT2D eigenvalue weighted by Crippen LogP contribution is 2.24. The lowest BCUT2D eigenvalue weighted by Gasteiger charge is -2.29. The normalized spacial score (nSPS) is 18.2. The molecule has 1 aliphatic rings. The van der Waals surface area contributed by atoms with E-state index < -0.39 is 21.7 Å². The number of hydrogen-bond acceptors (Lipinski definition) is 4. The quantitative estimate of drug-likeness (QED) is 0.759. The van der Waals surface area contributed by atoms with Crippen LogP contribution >= 0.6 is 0 Å². The fraction of sp³-hybridized carbons (Fsp3) is 0.350. The van der Waals surface area contributed by atoms with E-state index in [-0.39, 0.29) is 24.0 Å². The molecule has 0 spiro atoms. The molecule has 1 aliphatic heterocycles. The van der Waals surface area contributed by atoms with Crippen molar-refractivity contribution in [2.75, 3.05) is 18.1 Å². The molecule has 1 fully saturated rings. The molecular formula is C20H22FNO4S. The number of carbonyl (C=O) groups excluding carboxylic acids is 1. The minimum absolute atomic E-state index is 0.0184. The fourth-order valence-electron chi connectivity index (χ4n) is 3.25. The Bertz CT molecular complexity index is 929. The average molecular weight is 391 g/mol. The van der Waals surface area contributed by atoms with Gasteiger partial charge in [-0.3, -0.25) is 4.79 Å². The van der Waals surface area contributed by atoms with Crippen molar-refractivity contribution in [3.8, 4) is 5.75 Å². The minimum atomic E-state index is -3.19. The van der Waals surface area contributed by atoms with Crippen LogP contribution in [0, 0.1) is 5.82 Å². The molecule has 1 heterocycles. The van der Waals surface area contributed by atoms with E-state index in [1.165, 1.54) is 11.0 Å². The fourth-order valence-corrected chi connectivity index (χ4v) is 4.98. The minimum Gasteiger partial charge on any atom is -0.494 e. The zero-order valence-corrected chi connectivity index (χ0v) is 15.9. The maximum Gasteiger partial charge on any atom is 0.254 e. The highest BCUT2D eigenvalue weighted by molar-refractivity contribution is 7.91. The summed E-state index contributed by atoms with van der Waals surface area (Å²) in [6, 6.07) is 12.5. The number of nitrogens with zero attached hydrogens (tertiary/aromatic N) is 1. The van der Waals surface area contributed by atoms with Crippen LogP contribution in [0.15, 0.2) is 48.5 Å². The molecule has 0 bridgehead atoms. The number of halogens is 1. The van der Waals surface area contributed by atoms with Crippen molar-refractivity contribution in [3.05, 3.63) is 65.5 Å². The molecule has 0 aromatic heterocycles. The molecule has 3 rings (SSSR count). The molecular weight excluding hydrogens is 369 g/mol. The van der Waals surface area contributed by atoms with E-state index in [9.17, 15) is 17.6 Å². The van der Waals surface area contributed by atoms with Crippen molar-refractivity contribution >= 4 is 15.7 Å². The zero-order chi connectivity index (χ0) is 19.4. The Morgan fingerprint density at radius 1 is 1.22 bits per heavy atom. The van der Waals surface area contributed by atoms with Crippen LogP contribution in [0.4, 0.5) is 4.39 Å². The Labute approximate surface area is 158 Å². The third-order valence-corrected chi connectivity index (χ3v) is 6.35. The summed E-state index contributed by atoms with van der Waals surface area (Å²) in [4.78, 5) is 14.6. The second-order valence-electron chi connectivity index (χ2n) is 6.54. The molecule has 2 aromatic carbocycles. The largest absolute Gasteiger partial charge is 0.494 e. The topological polar surface area (TPSA) is 63.7 Å². The van der Waals surface area contributed by atoms with E-state index in [0.717, 1.165) is 0 Å². The van der Waals surface area contributed by atoms with Gasteiger partial charge < -0.3 is 9.64 Å². The highest BCUT2D eigenvalue weighted by atomic mass is 32.2. The van der Waals surface area contributed by atoms with Gasteiger partial charge in [0.05, 0.1) is 18.1 Å². The molecule has 0 saturated carbocycles. The SMILES string of the molecule is CCOc1cccc(C(=O)N(Cc2ccccc2F)[C@H]2CCS(=O)(=O)C2)c1. The lowest BCUT2D eigenvalue weighted by atomic mass is 10.1. The number of hydrogen-bond donors (Lipinski definition) is 0. The monoisotopic (exact) mass is 391 g/mol. The molecule has 0 unspecified atom stereocenters. The molecule has 1 amide bonds. The molecule has 7 heteroatoms. The van der Waals surface area contributed by atoms with Gasteiger partial charge in [-0.1, -0.05) is 24.3 Å². The molecule has 0 radical (unpaired) electrons.